The zero-order valence-corrected chi connectivity index (χ0v) is 8.75. The molecule has 84 valence electrons. The maximum atomic E-state index is 11.6. The van der Waals surface area contributed by atoms with Gasteiger partial charge in [-0.15, -0.1) is 0 Å². The second-order valence-electron chi connectivity index (χ2n) is 3.24. The second-order valence-corrected chi connectivity index (χ2v) is 3.24. The van der Waals surface area contributed by atoms with Crippen molar-refractivity contribution in [1.82, 2.24) is 15.0 Å². The molecule has 3 N–H and O–H groups in total. The summed E-state index contributed by atoms with van der Waals surface area (Å²) in [5.41, 5.74) is 1.35. The number of amides is 1. The van der Waals surface area contributed by atoms with Crippen molar-refractivity contribution in [3.8, 4) is 0 Å². The van der Waals surface area contributed by atoms with Gasteiger partial charge in [-0.3, -0.25) is 15.1 Å². The van der Waals surface area contributed by atoms with E-state index in [0.717, 1.165) is 5.69 Å². The highest BCUT2D eigenvalue weighted by Crippen LogP contribution is 2.09. The fourth-order valence-corrected chi connectivity index (χ4v) is 1.36. The van der Waals surface area contributed by atoms with Crippen LogP contribution in [0.3, 0.4) is 0 Å². The number of nitrogens with zero attached hydrogens (tertiary/aromatic N) is 1. The number of hydrogen-bond donors (Lipinski definition) is 3. The molecule has 0 saturated carbocycles. The van der Waals surface area contributed by atoms with Crippen molar-refractivity contribution in [3.05, 3.63) is 22.1 Å². The van der Waals surface area contributed by atoms with Crippen molar-refractivity contribution in [3.63, 3.8) is 0 Å². The van der Waals surface area contributed by atoms with Crippen LogP contribution in [0, 0.1) is 6.92 Å². The molecule has 0 saturated heterocycles. The largest absolute Gasteiger partial charge is 0.453 e. The molecule has 2 heterocycles. The lowest BCUT2D eigenvalue weighted by Gasteiger charge is -2.01. The first-order valence-electron chi connectivity index (χ1n) is 4.55. The van der Waals surface area contributed by atoms with Crippen LogP contribution in [0.25, 0.3) is 11.0 Å². The fraction of sp³-hybridized carbons (Fsp3) is 0.222. The molecule has 7 nitrogen and oxygen atoms in total. The summed E-state index contributed by atoms with van der Waals surface area (Å²) in [6.45, 7) is 1.81. The predicted molar refractivity (Wildman–Crippen MR) is 57.5 cm³/mol. The Kier molecular flexibility index (Phi) is 2.35. The molecule has 0 aliphatic rings. The molecule has 7 heteroatoms. The van der Waals surface area contributed by atoms with Gasteiger partial charge in [0.25, 0.3) is 5.56 Å². The predicted octanol–water partition coefficient (Wildman–Crippen LogP) is 0.738. The normalized spacial score (nSPS) is 10.4. The van der Waals surface area contributed by atoms with Gasteiger partial charge in [-0.2, -0.15) is 0 Å². The Morgan fingerprint density at radius 2 is 2.25 bits per heavy atom. The van der Waals surface area contributed by atoms with Crippen LogP contribution in [0.4, 0.5) is 10.7 Å². The highest BCUT2D eigenvalue weighted by atomic mass is 16.5. The minimum atomic E-state index is -0.685. The lowest BCUT2D eigenvalue weighted by molar-refractivity contribution is 0.186. The molecular formula is C9H10N4O3. The van der Waals surface area contributed by atoms with E-state index < -0.39 is 6.09 Å². The molecule has 0 atom stereocenters. The van der Waals surface area contributed by atoms with Gasteiger partial charge in [-0.1, -0.05) is 0 Å². The molecule has 0 aliphatic heterocycles. The molecule has 0 spiro atoms. The number of H-pyrrole nitrogens is 2. The van der Waals surface area contributed by atoms with Crippen molar-refractivity contribution in [2.45, 2.75) is 6.92 Å². The van der Waals surface area contributed by atoms with E-state index in [1.165, 1.54) is 7.11 Å². The number of aromatic nitrogens is 3. The smallest absolute Gasteiger partial charge is 0.413 e. The quantitative estimate of drug-likeness (QED) is 0.662. The van der Waals surface area contributed by atoms with Crippen molar-refractivity contribution in [2.75, 3.05) is 12.4 Å². The lowest BCUT2D eigenvalue weighted by Crippen LogP contribution is -2.18. The number of aromatic amines is 2. The van der Waals surface area contributed by atoms with E-state index in [2.05, 4.69) is 25.0 Å². The summed E-state index contributed by atoms with van der Waals surface area (Å²) in [6.07, 6.45) is -0.685. The van der Waals surface area contributed by atoms with E-state index in [1.807, 2.05) is 6.92 Å². The van der Waals surface area contributed by atoms with Crippen LogP contribution in [0.15, 0.2) is 10.9 Å². The van der Waals surface area contributed by atoms with E-state index >= 15 is 0 Å². The number of hydrogen-bond acceptors (Lipinski definition) is 4. The average Bonchev–Trinajstić information content (AvgIpc) is 2.59. The molecule has 0 fully saturated rings. The van der Waals surface area contributed by atoms with Gasteiger partial charge in [-0.25, -0.2) is 9.78 Å². The Hall–Kier alpha value is -2.31. The zero-order valence-electron chi connectivity index (χ0n) is 8.75. The standard InChI is InChI=1S/C9H10N4O3/c1-4-3-5-6(10-4)7(14)12-8(11-5)13-9(15)16-2/h3,10H,1-2H3,(H2,11,12,13,14,15). The monoisotopic (exact) mass is 222 g/mol. The number of anilines is 1. The molecule has 1 amide bonds. The van der Waals surface area contributed by atoms with Gasteiger partial charge in [0.2, 0.25) is 5.95 Å². The SMILES string of the molecule is COC(=O)Nc1nc2cc(C)[nH]c2c(=O)[nH]1. The molecule has 0 bridgehead atoms. The number of carbonyl (C=O) groups is 1. The number of nitrogens with one attached hydrogen (secondary N) is 3. The maximum absolute atomic E-state index is 11.6. The van der Waals surface area contributed by atoms with Gasteiger partial charge in [0.15, 0.2) is 0 Å². The maximum Gasteiger partial charge on any atom is 0.413 e. The Labute approximate surface area is 89.8 Å². The van der Waals surface area contributed by atoms with Crippen molar-refractivity contribution in [1.29, 1.82) is 0 Å². The number of fused-ring (bicyclic) bond motifs is 1. The van der Waals surface area contributed by atoms with Crippen LogP contribution in [-0.4, -0.2) is 28.2 Å². The highest BCUT2D eigenvalue weighted by molar-refractivity contribution is 5.84. The van der Waals surface area contributed by atoms with Crippen LogP contribution < -0.4 is 10.9 Å². The molecule has 0 radical (unpaired) electrons. The van der Waals surface area contributed by atoms with Gasteiger partial charge in [-0.05, 0) is 13.0 Å². The summed E-state index contributed by atoms with van der Waals surface area (Å²) < 4.78 is 4.39. The first-order valence-corrected chi connectivity index (χ1v) is 4.55. The number of carbonyl (C=O) groups excluding carboxylic acids is 1. The average molecular weight is 222 g/mol. The Balaban J connectivity index is 2.49. The molecule has 16 heavy (non-hydrogen) atoms. The molecule has 2 aromatic rings. The molecule has 2 rings (SSSR count). The van der Waals surface area contributed by atoms with E-state index in [9.17, 15) is 9.59 Å². The van der Waals surface area contributed by atoms with Crippen molar-refractivity contribution >= 4 is 23.1 Å². The first kappa shape index (κ1) is 10.2. The second kappa shape index (κ2) is 3.69. The molecular weight excluding hydrogens is 212 g/mol. The van der Waals surface area contributed by atoms with Gasteiger partial charge in [0.1, 0.15) is 5.52 Å². The van der Waals surface area contributed by atoms with Crippen LogP contribution in [0.2, 0.25) is 0 Å². The molecule has 0 aliphatic carbocycles. The zero-order chi connectivity index (χ0) is 11.7. The third-order valence-corrected chi connectivity index (χ3v) is 2.03. The Morgan fingerprint density at radius 1 is 1.50 bits per heavy atom. The van der Waals surface area contributed by atoms with E-state index in [4.69, 9.17) is 0 Å². The number of ether oxygens (including phenoxy) is 1. The Morgan fingerprint density at radius 3 is 2.94 bits per heavy atom. The summed E-state index contributed by atoms with van der Waals surface area (Å²) in [6, 6.07) is 1.72. The highest BCUT2D eigenvalue weighted by Gasteiger charge is 2.08. The number of methoxy groups -OCH3 is 1. The summed E-state index contributed by atoms with van der Waals surface area (Å²) in [7, 11) is 1.23. The van der Waals surface area contributed by atoms with Crippen LogP contribution in [0.5, 0.6) is 0 Å². The number of aryl methyl sites for hydroxylation is 1. The van der Waals surface area contributed by atoms with Gasteiger partial charge in [0.05, 0.1) is 12.6 Å². The van der Waals surface area contributed by atoms with Crippen LogP contribution in [0.1, 0.15) is 5.69 Å². The van der Waals surface area contributed by atoms with Gasteiger partial charge in [0, 0.05) is 5.69 Å². The van der Waals surface area contributed by atoms with Crippen LogP contribution in [-0.2, 0) is 4.74 Å². The van der Waals surface area contributed by atoms with E-state index in [-0.39, 0.29) is 11.5 Å². The number of rotatable bonds is 1. The summed E-state index contributed by atoms with van der Waals surface area (Å²) in [5.74, 6) is 0.0587. The third-order valence-electron chi connectivity index (χ3n) is 2.03. The van der Waals surface area contributed by atoms with Gasteiger partial charge >= 0.3 is 6.09 Å². The summed E-state index contributed by atoms with van der Waals surface area (Å²) >= 11 is 0. The van der Waals surface area contributed by atoms with E-state index in [1.54, 1.807) is 6.07 Å². The first-order chi connectivity index (χ1) is 7.60. The molecule has 2 aromatic heterocycles. The third kappa shape index (κ3) is 1.74. The van der Waals surface area contributed by atoms with Crippen molar-refractivity contribution in [2.24, 2.45) is 0 Å². The van der Waals surface area contributed by atoms with Crippen molar-refractivity contribution < 1.29 is 9.53 Å². The topological polar surface area (TPSA) is 99.9 Å². The molecule has 0 aromatic carbocycles. The fourth-order valence-electron chi connectivity index (χ4n) is 1.36. The van der Waals surface area contributed by atoms with Crippen LogP contribution >= 0.6 is 0 Å². The van der Waals surface area contributed by atoms with Gasteiger partial charge < -0.3 is 9.72 Å². The summed E-state index contributed by atoms with van der Waals surface area (Å²) in [5, 5.41) is 2.29. The minimum absolute atomic E-state index is 0.0587. The minimum Gasteiger partial charge on any atom is -0.453 e. The Bertz CT molecular complexity index is 598. The van der Waals surface area contributed by atoms with E-state index in [0.29, 0.717) is 11.0 Å². The lowest BCUT2D eigenvalue weighted by atomic mass is 10.4. The molecule has 0 unspecified atom stereocenters. The summed E-state index contributed by atoms with van der Waals surface area (Å²) in [4.78, 5) is 31.8.